The van der Waals surface area contributed by atoms with Crippen LogP contribution >= 0.6 is 12.4 Å². The van der Waals surface area contributed by atoms with Gasteiger partial charge < -0.3 is 16.4 Å². The number of nitrogens with one attached hydrogen (secondary N) is 2. The Balaban J connectivity index is 0. The highest BCUT2D eigenvalue weighted by molar-refractivity contribution is 5.85. The first-order valence-corrected chi connectivity index (χ1v) is 3.88. The zero-order valence-corrected chi connectivity index (χ0v) is 8.41. The fourth-order valence-electron chi connectivity index (χ4n) is 0.545. The summed E-state index contributed by atoms with van der Waals surface area (Å²) in [5, 5.41) is 5.32. The first-order valence-electron chi connectivity index (χ1n) is 3.88. The van der Waals surface area contributed by atoms with E-state index in [9.17, 15) is 4.79 Å². The summed E-state index contributed by atoms with van der Waals surface area (Å²) in [6.07, 6.45) is 0. The van der Waals surface area contributed by atoms with Crippen LogP contribution in [0.5, 0.6) is 0 Å². The van der Waals surface area contributed by atoms with Crippen molar-refractivity contribution in [3.63, 3.8) is 0 Å². The summed E-state index contributed by atoms with van der Waals surface area (Å²) >= 11 is 0. The van der Waals surface area contributed by atoms with Gasteiger partial charge in [-0.15, -0.1) is 12.4 Å². The number of carbonyl (C=O) groups is 1. The van der Waals surface area contributed by atoms with Crippen molar-refractivity contribution in [2.75, 3.05) is 19.6 Å². The third kappa shape index (κ3) is 9.52. The van der Waals surface area contributed by atoms with E-state index in [0.29, 0.717) is 25.6 Å². The van der Waals surface area contributed by atoms with Gasteiger partial charge in [0.25, 0.3) is 0 Å². The minimum atomic E-state index is -0.135. The summed E-state index contributed by atoms with van der Waals surface area (Å²) < 4.78 is 0. The van der Waals surface area contributed by atoms with Gasteiger partial charge in [0.05, 0.1) is 0 Å². The van der Waals surface area contributed by atoms with Crippen LogP contribution in [0.15, 0.2) is 0 Å². The van der Waals surface area contributed by atoms with E-state index in [1.54, 1.807) is 0 Å². The van der Waals surface area contributed by atoms with E-state index in [4.69, 9.17) is 5.73 Å². The monoisotopic (exact) mass is 195 g/mol. The molecule has 0 atom stereocenters. The topological polar surface area (TPSA) is 67.2 Å². The average molecular weight is 196 g/mol. The van der Waals surface area contributed by atoms with E-state index in [-0.39, 0.29) is 18.4 Å². The first kappa shape index (κ1) is 14.1. The number of rotatable bonds is 4. The van der Waals surface area contributed by atoms with Crippen LogP contribution in [0.1, 0.15) is 13.8 Å². The second-order valence-corrected chi connectivity index (χ2v) is 2.82. The Morgan fingerprint density at radius 1 is 1.42 bits per heavy atom. The Kier molecular flexibility index (Phi) is 10.1. The van der Waals surface area contributed by atoms with Gasteiger partial charge in [0.15, 0.2) is 0 Å². The highest BCUT2D eigenvalue weighted by Crippen LogP contribution is 1.85. The minimum Gasteiger partial charge on any atom is -0.338 e. The largest absolute Gasteiger partial charge is 0.338 e. The molecule has 0 rings (SSSR count). The second kappa shape index (κ2) is 8.62. The molecule has 2 amide bonds. The lowest BCUT2D eigenvalue weighted by molar-refractivity contribution is 0.240. The molecule has 0 bridgehead atoms. The number of urea groups is 1. The van der Waals surface area contributed by atoms with Crippen molar-refractivity contribution in [1.82, 2.24) is 10.6 Å². The maximum atomic E-state index is 10.8. The van der Waals surface area contributed by atoms with Gasteiger partial charge in [0.2, 0.25) is 0 Å². The molecule has 5 heteroatoms. The average Bonchev–Trinajstić information content (AvgIpc) is 1.97. The van der Waals surface area contributed by atoms with Crippen LogP contribution in [0.4, 0.5) is 4.79 Å². The molecular formula is C7H18ClN3O. The predicted octanol–water partition coefficient (Wildman–Crippen LogP) is 0.322. The molecule has 0 heterocycles. The molecule has 0 aliphatic carbocycles. The third-order valence-electron chi connectivity index (χ3n) is 1.10. The lowest BCUT2D eigenvalue weighted by Crippen LogP contribution is -2.39. The van der Waals surface area contributed by atoms with Crippen LogP contribution < -0.4 is 16.4 Å². The van der Waals surface area contributed by atoms with Gasteiger partial charge in [-0.1, -0.05) is 13.8 Å². The molecule has 0 radical (unpaired) electrons. The molecule has 0 saturated heterocycles. The number of amides is 2. The van der Waals surface area contributed by atoms with Crippen molar-refractivity contribution in [1.29, 1.82) is 0 Å². The van der Waals surface area contributed by atoms with Crippen LogP contribution in [0.25, 0.3) is 0 Å². The number of carbonyl (C=O) groups excluding carboxylic acids is 1. The molecular weight excluding hydrogens is 178 g/mol. The van der Waals surface area contributed by atoms with Crippen molar-refractivity contribution in [3.8, 4) is 0 Å². The first-order chi connectivity index (χ1) is 5.16. The van der Waals surface area contributed by atoms with Crippen LogP contribution in [-0.4, -0.2) is 25.7 Å². The molecule has 0 fully saturated rings. The Hall–Kier alpha value is -0.480. The Morgan fingerprint density at radius 2 is 2.00 bits per heavy atom. The highest BCUT2D eigenvalue weighted by atomic mass is 35.5. The molecule has 74 valence electrons. The molecule has 0 aromatic rings. The zero-order chi connectivity index (χ0) is 8.69. The molecule has 0 aliphatic heterocycles. The molecule has 0 unspecified atom stereocenters. The number of nitrogens with two attached hydrogens (primary N) is 1. The molecule has 0 aromatic carbocycles. The van der Waals surface area contributed by atoms with E-state index < -0.39 is 0 Å². The number of hydrogen-bond acceptors (Lipinski definition) is 2. The van der Waals surface area contributed by atoms with Gasteiger partial charge in [-0.2, -0.15) is 0 Å². The van der Waals surface area contributed by atoms with Gasteiger partial charge in [-0.25, -0.2) is 4.79 Å². The summed E-state index contributed by atoms with van der Waals surface area (Å²) in [4.78, 5) is 10.8. The maximum absolute atomic E-state index is 10.8. The molecule has 4 nitrogen and oxygen atoms in total. The number of halogens is 1. The summed E-state index contributed by atoms with van der Waals surface area (Å²) in [7, 11) is 0. The van der Waals surface area contributed by atoms with Crippen LogP contribution in [0.3, 0.4) is 0 Å². The fourth-order valence-corrected chi connectivity index (χ4v) is 0.545. The van der Waals surface area contributed by atoms with Crippen molar-refractivity contribution < 1.29 is 4.79 Å². The Morgan fingerprint density at radius 3 is 2.42 bits per heavy atom. The van der Waals surface area contributed by atoms with E-state index in [2.05, 4.69) is 10.6 Å². The van der Waals surface area contributed by atoms with E-state index in [1.807, 2.05) is 13.8 Å². The van der Waals surface area contributed by atoms with Crippen molar-refractivity contribution >= 4 is 18.4 Å². The van der Waals surface area contributed by atoms with Crippen molar-refractivity contribution in [3.05, 3.63) is 0 Å². The molecule has 4 N–H and O–H groups in total. The maximum Gasteiger partial charge on any atom is 0.314 e. The molecule has 12 heavy (non-hydrogen) atoms. The zero-order valence-electron chi connectivity index (χ0n) is 7.59. The van der Waals surface area contributed by atoms with Crippen LogP contribution in [0.2, 0.25) is 0 Å². The minimum absolute atomic E-state index is 0. The molecule has 0 aromatic heterocycles. The molecule has 0 spiro atoms. The standard InChI is InChI=1S/C7H17N3O.ClH/c1-6(2)5-10-7(11)9-4-3-8;/h6H,3-5,8H2,1-2H3,(H2,9,10,11);1H. The lowest BCUT2D eigenvalue weighted by atomic mass is 10.2. The summed E-state index contributed by atoms with van der Waals surface area (Å²) in [6, 6.07) is -0.135. The quantitative estimate of drug-likeness (QED) is 0.605. The van der Waals surface area contributed by atoms with Gasteiger partial charge in [-0.3, -0.25) is 0 Å². The van der Waals surface area contributed by atoms with Gasteiger partial charge in [0, 0.05) is 19.6 Å². The fraction of sp³-hybridized carbons (Fsp3) is 0.857. The summed E-state index contributed by atoms with van der Waals surface area (Å²) in [5.74, 6) is 0.485. The van der Waals surface area contributed by atoms with Crippen molar-refractivity contribution in [2.45, 2.75) is 13.8 Å². The second-order valence-electron chi connectivity index (χ2n) is 2.82. The summed E-state index contributed by atoms with van der Waals surface area (Å²) in [5.41, 5.74) is 5.19. The van der Waals surface area contributed by atoms with E-state index in [1.165, 1.54) is 0 Å². The highest BCUT2D eigenvalue weighted by Gasteiger charge is 1.98. The smallest absolute Gasteiger partial charge is 0.314 e. The van der Waals surface area contributed by atoms with Crippen molar-refractivity contribution in [2.24, 2.45) is 11.7 Å². The molecule has 0 saturated carbocycles. The summed E-state index contributed by atoms with van der Waals surface area (Å²) in [6.45, 7) is 5.81. The van der Waals surface area contributed by atoms with E-state index in [0.717, 1.165) is 0 Å². The van der Waals surface area contributed by atoms with Gasteiger partial charge in [0.1, 0.15) is 0 Å². The van der Waals surface area contributed by atoms with Crippen LogP contribution in [0, 0.1) is 5.92 Å². The molecule has 0 aliphatic rings. The third-order valence-corrected chi connectivity index (χ3v) is 1.10. The van der Waals surface area contributed by atoms with Gasteiger partial charge >= 0.3 is 6.03 Å². The lowest BCUT2D eigenvalue weighted by Gasteiger charge is -2.07. The van der Waals surface area contributed by atoms with Crippen LogP contribution in [-0.2, 0) is 0 Å². The predicted molar refractivity (Wildman–Crippen MR) is 52.5 cm³/mol. The Labute approximate surface area is 79.7 Å². The van der Waals surface area contributed by atoms with Gasteiger partial charge in [-0.05, 0) is 5.92 Å². The van der Waals surface area contributed by atoms with E-state index >= 15 is 0 Å². The normalized spacial score (nSPS) is 9.00. The SMILES string of the molecule is CC(C)CNC(=O)NCCN.Cl. The Bertz CT molecular complexity index is 119. The number of hydrogen-bond donors (Lipinski definition) is 3.